The summed E-state index contributed by atoms with van der Waals surface area (Å²) in [7, 11) is -1.92. The average molecular weight is 485 g/mol. The Morgan fingerprint density at radius 2 is 2.09 bits per heavy atom. The van der Waals surface area contributed by atoms with Crippen LogP contribution in [0.2, 0.25) is 0 Å². The first-order chi connectivity index (χ1) is 16.3. The second-order valence-electron chi connectivity index (χ2n) is 8.79. The van der Waals surface area contributed by atoms with Gasteiger partial charge in [0, 0.05) is 50.0 Å². The summed E-state index contributed by atoms with van der Waals surface area (Å²) in [6, 6.07) is 5.78. The Hall–Kier alpha value is -3.23. The number of carbonyl (C=O) groups excluding carboxylic acids is 1. The Balaban J connectivity index is 1.68. The van der Waals surface area contributed by atoms with Gasteiger partial charge in [0.2, 0.25) is 5.91 Å². The molecule has 11 heteroatoms. The Morgan fingerprint density at radius 3 is 2.68 bits per heavy atom. The van der Waals surface area contributed by atoms with E-state index in [-0.39, 0.29) is 33.5 Å². The minimum Gasteiger partial charge on any atom is -0.381 e. The lowest BCUT2D eigenvalue weighted by atomic mass is 9.91. The molecule has 2 heterocycles. The van der Waals surface area contributed by atoms with Gasteiger partial charge in [0.05, 0.1) is 21.8 Å². The molecule has 2 aliphatic rings. The van der Waals surface area contributed by atoms with Gasteiger partial charge >= 0.3 is 0 Å². The number of rotatable bonds is 9. The van der Waals surface area contributed by atoms with Crippen LogP contribution in [0, 0.1) is 22.7 Å². The molecule has 2 aromatic rings. The number of nitriles is 1. The van der Waals surface area contributed by atoms with Gasteiger partial charge in [-0.25, -0.2) is 8.42 Å². The molecule has 1 aromatic heterocycles. The molecule has 34 heavy (non-hydrogen) atoms. The van der Waals surface area contributed by atoms with E-state index >= 15 is 0 Å². The van der Waals surface area contributed by atoms with Crippen molar-refractivity contribution in [1.82, 2.24) is 9.78 Å². The van der Waals surface area contributed by atoms with Crippen LogP contribution in [0.4, 0.5) is 11.5 Å². The second kappa shape index (κ2) is 9.95. The van der Waals surface area contributed by atoms with E-state index in [4.69, 9.17) is 10.1 Å². The van der Waals surface area contributed by atoms with Crippen molar-refractivity contribution in [3.63, 3.8) is 0 Å². The van der Waals surface area contributed by atoms with Crippen LogP contribution in [0.5, 0.6) is 0 Å². The highest BCUT2D eigenvalue weighted by Gasteiger charge is 2.39. The van der Waals surface area contributed by atoms with Crippen molar-refractivity contribution in [2.24, 2.45) is 13.0 Å². The SMILES string of the molecule is Cn1ccc(NC(=O)[C@H](CC2CCOCC2)Nc2cc(C#N)cc(S(=O)(=O)C3CC3)c2C=N)n1. The first-order valence-electron chi connectivity index (χ1n) is 11.3. The summed E-state index contributed by atoms with van der Waals surface area (Å²) in [4.78, 5) is 13.2. The Bertz CT molecular complexity index is 1220. The van der Waals surface area contributed by atoms with E-state index in [2.05, 4.69) is 15.7 Å². The van der Waals surface area contributed by atoms with Gasteiger partial charge in [-0.05, 0) is 50.2 Å². The van der Waals surface area contributed by atoms with Gasteiger partial charge in [-0.1, -0.05) is 0 Å². The van der Waals surface area contributed by atoms with E-state index < -0.39 is 21.1 Å². The molecule has 10 nitrogen and oxygen atoms in total. The summed E-state index contributed by atoms with van der Waals surface area (Å²) in [5, 5.41) is 27.2. The third-order valence-corrected chi connectivity index (χ3v) is 8.51. The van der Waals surface area contributed by atoms with Crippen molar-refractivity contribution < 1.29 is 17.9 Å². The largest absolute Gasteiger partial charge is 0.381 e. The van der Waals surface area contributed by atoms with E-state index in [0.29, 0.717) is 38.3 Å². The Kier molecular flexibility index (Phi) is 7.00. The molecule has 1 amide bonds. The fourth-order valence-corrected chi connectivity index (χ4v) is 6.06. The zero-order valence-electron chi connectivity index (χ0n) is 19.0. The van der Waals surface area contributed by atoms with Crippen LogP contribution in [-0.4, -0.2) is 54.8 Å². The van der Waals surface area contributed by atoms with Crippen LogP contribution in [0.25, 0.3) is 0 Å². The summed E-state index contributed by atoms with van der Waals surface area (Å²) in [6.45, 7) is 1.25. The smallest absolute Gasteiger partial charge is 0.248 e. The first kappa shape index (κ1) is 23.9. The van der Waals surface area contributed by atoms with Crippen LogP contribution < -0.4 is 10.6 Å². The van der Waals surface area contributed by atoms with Gasteiger partial charge in [0.1, 0.15) is 6.04 Å². The molecule has 1 aromatic carbocycles. The summed E-state index contributed by atoms with van der Waals surface area (Å²) in [5.74, 6) is 0.314. The van der Waals surface area contributed by atoms with E-state index in [1.165, 1.54) is 12.1 Å². The average Bonchev–Trinajstić information content (AvgIpc) is 3.62. The van der Waals surface area contributed by atoms with Gasteiger partial charge in [-0.2, -0.15) is 10.4 Å². The standard InChI is InChI=1S/C23H28N6O4S/c1-29-7-4-22(28-29)27-23(30)20(10-15-5-8-33-9-6-15)26-19-11-16(13-24)12-21(18(19)14-25)34(31,32)17-2-3-17/h4,7,11-12,14-15,17,20,25-26H,2-3,5-6,8-10H2,1H3,(H,27,28,30)/t20-/m0/s1. The van der Waals surface area contributed by atoms with Crippen molar-refractivity contribution in [2.45, 2.75) is 48.3 Å². The molecule has 0 bridgehead atoms. The number of amides is 1. The number of nitrogens with zero attached hydrogens (tertiary/aromatic N) is 3. The van der Waals surface area contributed by atoms with E-state index in [1.54, 1.807) is 24.0 Å². The predicted octanol–water partition coefficient (Wildman–Crippen LogP) is 2.46. The number of ether oxygens (including phenoxy) is 1. The molecular weight excluding hydrogens is 456 g/mol. The molecule has 1 saturated heterocycles. The maximum absolute atomic E-state index is 13.3. The third kappa shape index (κ3) is 5.29. The van der Waals surface area contributed by atoms with Crippen molar-refractivity contribution in [3.05, 3.63) is 35.5 Å². The second-order valence-corrected chi connectivity index (χ2v) is 11.0. The van der Waals surface area contributed by atoms with Crippen molar-refractivity contribution in [2.75, 3.05) is 23.8 Å². The highest BCUT2D eigenvalue weighted by molar-refractivity contribution is 7.92. The zero-order chi connectivity index (χ0) is 24.3. The number of benzene rings is 1. The molecule has 1 aliphatic carbocycles. The molecular formula is C23H28N6O4S. The Morgan fingerprint density at radius 1 is 1.35 bits per heavy atom. The quantitative estimate of drug-likeness (QED) is 0.463. The summed E-state index contributed by atoms with van der Waals surface area (Å²) >= 11 is 0. The van der Waals surface area contributed by atoms with Crippen LogP contribution in [0.3, 0.4) is 0 Å². The van der Waals surface area contributed by atoms with Crippen LogP contribution in [-0.2, 0) is 26.4 Å². The maximum atomic E-state index is 13.3. The lowest BCUT2D eigenvalue weighted by Crippen LogP contribution is -2.38. The number of aryl methyl sites for hydroxylation is 1. The first-order valence-corrected chi connectivity index (χ1v) is 12.8. The normalized spacial score (nSPS) is 17.5. The molecule has 180 valence electrons. The van der Waals surface area contributed by atoms with E-state index in [9.17, 15) is 18.5 Å². The minimum atomic E-state index is -3.66. The molecule has 0 unspecified atom stereocenters. The van der Waals surface area contributed by atoms with Crippen molar-refractivity contribution in [1.29, 1.82) is 10.7 Å². The maximum Gasteiger partial charge on any atom is 0.248 e. The third-order valence-electron chi connectivity index (χ3n) is 6.21. The number of carbonyl (C=O) groups is 1. The molecule has 0 radical (unpaired) electrons. The lowest BCUT2D eigenvalue weighted by molar-refractivity contribution is -0.117. The number of sulfone groups is 1. The van der Waals surface area contributed by atoms with Gasteiger partial charge in [-0.15, -0.1) is 0 Å². The Labute approximate surface area is 198 Å². The van der Waals surface area contributed by atoms with Crippen LogP contribution in [0.15, 0.2) is 29.3 Å². The number of anilines is 2. The number of hydrogen-bond acceptors (Lipinski definition) is 8. The minimum absolute atomic E-state index is 0.0403. The number of nitrogens with one attached hydrogen (secondary N) is 3. The number of hydrogen-bond donors (Lipinski definition) is 3. The molecule has 1 atom stereocenters. The summed E-state index contributed by atoms with van der Waals surface area (Å²) in [5.41, 5.74) is 0.595. The fourth-order valence-electron chi connectivity index (χ4n) is 4.18. The highest BCUT2D eigenvalue weighted by atomic mass is 32.2. The molecule has 4 rings (SSSR count). The van der Waals surface area contributed by atoms with Crippen molar-refractivity contribution >= 4 is 33.5 Å². The molecule has 1 saturated carbocycles. The molecule has 2 fully saturated rings. The molecule has 1 aliphatic heterocycles. The van der Waals surface area contributed by atoms with E-state index in [0.717, 1.165) is 19.1 Å². The monoisotopic (exact) mass is 484 g/mol. The van der Waals surface area contributed by atoms with Gasteiger partial charge in [0.15, 0.2) is 15.7 Å². The highest BCUT2D eigenvalue weighted by Crippen LogP contribution is 2.37. The van der Waals surface area contributed by atoms with Crippen LogP contribution in [0.1, 0.15) is 43.2 Å². The van der Waals surface area contributed by atoms with Gasteiger partial charge in [-0.3, -0.25) is 9.48 Å². The number of aromatic nitrogens is 2. The fraction of sp³-hybridized carbons (Fsp3) is 0.478. The van der Waals surface area contributed by atoms with Gasteiger partial charge < -0.3 is 20.8 Å². The predicted molar refractivity (Wildman–Crippen MR) is 127 cm³/mol. The van der Waals surface area contributed by atoms with Crippen LogP contribution >= 0.6 is 0 Å². The van der Waals surface area contributed by atoms with Crippen molar-refractivity contribution in [3.8, 4) is 6.07 Å². The summed E-state index contributed by atoms with van der Waals surface area (Å²) < 4.78 is 33.1. The zero-order valence-corrected chi connectivity index (χ0v) is 19.8. The van der Waals surface area contributed by atoms with E-state index in [1.807, 2.05) is 6.07 Å². The van der Waals surface area contributed by atoms with Gasteiger partial charge in [0.25, 0.3) is 0 Å². The molecule has 0 spiro atoms. The topological polar surface area (TPSA) is 150 Å². The molecule has 3 N–H and O–H groups in total. The lowest BCUT2D eigenvalue weighted by Gasteiger charge is -2.28. The summed E-state index contributed by atoms with van der Waals surface area (Å²) in [6.07, 6.45) is 5.94.